The summed E-state index contributed by atoms with van der Waals surface area (Å²) < 4.78 is 0. The fourth-order valence-corrected chi connectivity index (χ4v) is 7.43. The number of carboxylic acids is 1. The third-order valence-corrected chi connectivity index (χ3v) is 10.3. The first-order valence-electron chi connectivity index (χ1n) is 19.3. The van der Waals surface area contributed by atoms with Gasteiger partial charge in [0.1, 0.15) is 30.2 Å². The lowest BCUT2D eigenvalue weighted by atomic mass is 9.99. The number of rotatable bonds is 20. The zero-order chi connectivity index (χ0) is 40.2. The van der Waals surface area contributed by atoms with Crippen molar-refractivity contribution in [1.82, 2.24) is 30.7 Å². The second-order valence-corrected chi connectivity index (χ2v) is 15.0. The minimum atomic E-state index is -1.29. The van der Waals surface area contributed by atoms with Crippen LogP contribution in [0.3, 0.4) is 0 Å². The average Bonchev–Trinajstić information content (AvgIpc) is 3.92. The van der Waals surface area contributed by atoms with Gasteiger partial charge in [-0.15, -0.1) is 0 Å². The van der Waals surface area contributed by atoms with Gasteiger partial charge in [-0.25, -0.2) is 4.79 Å². The summed E-state index contributed by atoms with van der Waals surface area (Å²) in [6.45, 7) is 4.70. The molecule has 6 atom stereocenters. The summed E-state index contributed by atoms with van der Waals surface area (Å²) in [7, 11) is 0. The number of nitrogens with one attached hydrogen (secondary N) is 4. The molecule has 1 aromatic carbocycles. The lowest BCUT2D eigenvalue weighted by Crippen LogP contribution is -2.59. The van der Waals surface area contributed by atoms with Gasteiger partial charge < -0.3 is 53.0 Å². The van der Waals surface area contributed by atoms with E-state index >= 15 is 0 Å². The first-order chi connectivity index (χ1) is 26.2. The van der Waals surface area contributed by atoms with Crippen molar-refractivity contribution in [3.8, 4) is 0 Å². The maximum Gasteiger partial charge on any atom is 0.326 e. The van der Waals surface area contributed by atoms with E-state index in [4.69, 9.17) is 17.2 Å². The molecular formula is C38H57N9O8. The van der Waals surface area contributed by atoms with E-state index < -0.39 is 71.8 Å². The second-order valence-electron chi connectivity index (χ2n) is 15.0. The monoisotopic (exact) mass is 767 g/mol. The fraction of sp³-hybridized carbons (Fsp3) is 0.605. The highest BCUT2D eigenvalue weighted by Gasteiger charge is 2.40. The predicted octanol–water partition coefficient (Wildman–Crippen LogP) is -0.000700. The van der Waals surface area contributed by atoms with Gasteiger partial charge in [-0.2, -0.15) is 0 Å². The summed E-state index contributed by atoms with van der Waals surface area (Å²) in [6, 6.07) is 1.09. The number of nitrogens with zero attached hydrogens (tertiary/aromatic N) is 2. The highest BCUT2D eigenvalue weighted by Crippen LogP contribution is 2.24. The maximum atomic E-state index is 14.1. The van der Waals surface area contributed by atoms with Crippen LogP contribution < -0.4 is 33.2 Å². The van der Waals surface area contributed by atoms with Gasteiger partial charge >= 0.3 is 5.97 Å². The van der Waals surface area contributed by atoms with E-state index in [0.29, 0.717) is 51.6 Å². The third kappa shape index (κ3) is 11.5. The van der Waals surface area contributed by atoms with E-state index in [2.05, 4.69) is 20.9 Å². The Kier molecular flexibility index (Phi) is 15.6. The number of aromatic amines is 1. The van der Waals surface area contributed by atoms with Crippen molar-refractivity contribution < 1.29 is 38.7 Å². The van der Waals surface area contributed by atoms with Crippen molar-refractivity contribution in [2.24, 2.45) is 23.1 Å². The van der Waals surface area contributed by atoms with Crippen LogP contribution in [0.2, 0.25) is 0 Å². The number of H-pyrrole nitrogens is 1. The van der Waals surface area contributed by atoms with Gasteiger partial charge in [-0.1, -0.05) is 38.5 Å². The summed E-state index contributed by atoms with van der Waals surface area (Å²) in [6.07, 6.45) is 4.98. The number of hydrogen-bond acceptors (Lipinski definition) is 9. The lowest BCUT2D eigenvalue weighted by Gasteiger charge is -2.30. The van der Waals surface area contributed by atoms with Crippen LogP contribution in [0, 0.1) is 5.92 Å². The number of carbonyl (C=O) groups is 7. The smallest absolute Gasteiger partial charge is 0.326 e. The number of primary amides is 1. The number of carboxylic acid groups (broad SMARTS) is 1. The molecule has 0 bridgehead atoms. The Morgan fingerprint density at radius 2 is 1.49 bits per heavy atom. The normalized spacial score (nSPS) is 19.1. The molecule has 0 unspecified atom stereocenters. The summed E-state index contributed by atoms with van der Waals surface area (Å²) in [5.41, 5.74) is 18.7. The van der Waals surface area contributed by atoms with Crippen molar-refractivity contribution in [2.45, 2.75) is 121 Å². The maximum absolute atomic E-state index is 14.1. The minimum absolute atomic E-state index is 0.0460. The number of carbonyl (C=O) groups excluding carboxylic acids is 6. The number of aromatic nitrogens is 1. The standard InChI is InChI=1S/C38H57N9O8/c1-22(2)19-28(34(50)45-29(37(53)47-18-8-13-31(47)38(54)55)20-23-21-42-26-11-4-3-9-24(23)26)44-33(49)27(14-15-32(41)48)43-35(51)30-12-7-17-46(30)36(52)25(40)10-5-6-16-39/h3-4,9,11,21-22,25,27-31,42H,5-8,10,12-20,39-40H2,1-2H3,(H2,41,48)(H,43,51)(H,44,49)(H,45,50)(H,54,55)/t25-,27-,28-,29-,30-,31-/m0/s1. The van der Waals surface area contributed by atoms with Gasteiger partial charge in [-0.3, -0.25) is 28.8 Å². The van der Waals surface area contributed by atoms with Crippen molar-refractivity contribution >= 4 is 52.3 Å². The summed E-state index contributed by atoms with van der Waals surface area (Å²) in [5, 5.41) is 18.9. The lowest BCUT2D eigenvalue weighted by molar-refractivity contribution is -0.149. The van der Waals surface area contributed by atoms with Crippen molar-refractivity contribution in [2.75, 3.05) is 19.6 Å². The van der Waals surface area contributed by atoms with E-state index in [1.807, 2.05) is 38.1 Å². The molecule has 2 fully saturated rings. The molecule has 2 aromatic rings. The van der Waals surface area contributed by atoms with Crippen LogP contribution in [0.1, 0.15) is 83.6 Å². The highest BCUT2D eigenvalue weighted by atomic mass is 16.4. The molecule has 2 aliphatic heterocycles. The largest absolute Gasteiger partial charge is 0.480 e. The molecule has 17 heteroatoms. The summed E-state index contributed by atoms with van der Waals surface area (Å²) in [4.78, 5) is 98.6. The predicted molar refractivity (Wildman–Crippen MR) is 204 cm³/mol. The molecule has 0 saturated carbocycles. The molecule has 11 N–H and O–H groups in total. The number of amides is 6. The zero-order valence-corrected chi connectivity index (χ0v) is 31.8. The van der Waals surface area contributed by atoms with Gasteiger partial charge in [0.05, 0.1) is 6.04 Å². The molecule has 2 saturated heterocycles. The van der Waals surface area contributed by atoms with Crippen LogP contribution >= 0.6 is 0 Å². The Morgan fingerprint density at radius 1 is 0.855 bits per heavy atom. The van der Waals surface area contributed by atoms with Crippen molar-refractivity contribution in [3.63, 3.8) is 0 Å². The Hall–Kier alpha value is -5.03. The molecule has 2 aliphatic rings. The number of likely N-dealkylation sites (tertiary alicyclic amines) is 2. The number of fused-ring (bicyclic) bond motifs is 1. The van der Waals surface area contributed by atoms with Gasteiger partial charge in [0.15, 0.2) is 0 Å². The molecule has 0 spiro atoms. The third-order valence-electron chi connectivity index (χ3n) is 10.3. The molecule has 0 radical (unpaired) electrons. The van der Waals surface area contributed by atoms with Crippen molar-refractivity contribution in [1.29, 1.82) is 0 Å². The molecule has 17 nitrogen and oxygen atoms in total. The van der Waals surface area contributed by atoms with Gasteiger partial charge in [0, 0.05) is 43.0 Å². The first-order valence-corrected chi connectivity index (χ1v) is 19.3. The number of para-hydroxylation sites is 1. The van der Waals surface area contributed by atoms with E-state index in [1.54, 1.807) is 6.20 Å². The van der Waals surface area contributed by atoms with Crippen molar-refractivity contribution in [3.05, 3.63) is 36.0 Å². The Labute approximate surface area is 320 Å². The van der Waals surface area contributed by atoms with E-state index in [9.17, 15) is 38.7 Å². The van der Waals surface area contributed by atoms with Gasteiger partial charge in [0.25, 0.3) is 0 Å². The topological polar surface area (TPSA) is 276 Å². The van der Waals surface area contributed by atoms with Crippen LogP contribution in [-0.2, 0) is 40.0 Å². The van der Waals surface area contributed by atoms with Crippen LogP contribution in [0.25, 0.3) is 10.9 Å². The number of aliphatic carboxylic acids is 1. The van der Waals surface area contributed by atoms with E-state index in [-0.39, 0.29) is 50.5 Å². The highest BCUT2D eigenvalue weighted by molar-refractivity contribution is 5.97. The SMILES string of the molecule is CC(C)C[C@H](NC(=O)[C@H](CCC(N)=O)NC(=O)[C@@H]1CCCN1C(=O)[C@@H](N)CCCCN)C(=O)N[C@@H](Cc1c[nH]c2ccccc12)C(=O)N1CCC[C@H]1C(=O)O. The number of benzene rings is 1. The average molecular weight is 768 g/mol. The number of hydrogen-bond donors (Lipinski definition) is 8. The van der Waals surface area contributed by atoms with E-state index in [1.165, 1.54) is 9.80 Å². The number of nitrogens with two attached hydrogens (primary N) is 3. The molecule has 6 amide bonds. The van der Waals surface area contributed by atoms with Crippen LogP contribution in [0.5, 0.6) is 0 Å². The van der Waals surface area contributed by atoms with E-state index in [0.717, 1.165) is 16.5 Å². The Morgan fingerprint density at radius 3 is 2.15 bits per heavy atom. The molecule has 3 heterocycles. The molecule has 0 aliphatic carbocycles. The van der Waals surface area contributed by atoms with Gasteiger partial charge in [-0.05, 0) is 75.5 Å². The van der Waals surface area contributed by atoms with Crippen LogP contribution in [0.15, 0.2) is 30.5 Å². The Bertz CT molecular complexity index is 1700. The number of unbranched alkanes of at least 4 members (excludes halogenated alkanes) is 1. The molecular weight excluding hydrogens is 710 g/mol. The van der Waals surface area contributed by atoms with Gasteiger partial charge in [0.2, 0.25) is 35.4 Å². The quantitative estimate of drug-likeness (QED) is 0.0836. The molecule has 1 aromatic heterocycles. The summed E-state index contributed by atoms with van der Waals surface area (Å²) in [5.74, 6) is -4.91. The fourth-order valence-electron chi connectivity index (χ4n) is 7.43. The molecule has 55 heavy (non-hydrogen) atoms. The zero-order valence-electron chi connectivity index (χ0n) is 31.8. The minimum Gasteiger partial charge on any atom is -0.480 e. The van der Waals surface area contributed by atoms with Crippen LogP contribution in [0.4, 0.5) is 0 Å². The Balaban J connectivity index is 1.53. The van der Waals surface area contributed by atoms with Crippen LogP contribution in [-0.4, -0.2) is 117 Å². The molecule has 302 valence electrons. The second kappa shape index (κ2) is 20.0. The summed E-state index contributed by atoms with van der Waals surface area (Å²) >= 11 is 0. The molecule has 4 rings (SSSR count). The first kappa shape index (κ1) is 42.7.